The minimum absolute atomic E-state index is 0.182. The molecule has 14 heteroatoms. The molecule has 12 nitrogen and oxygen atoms in total. The van der Waals surface area contributed by atoms with E-state index in [1.54, 1.807) is 84.9 Å². The molecule has 246 valence electrons. The first kappa shape index (κ1) is 35.5. The molecule has 2 amide bonds. The molecule has 4 aromatic carbocycles. The molecule has 0 heterocycles. The molecule has 0 aliphatic heterocycles. The Morgan fingerprint density at radius 1 is 0.604 bits per heavy atom. The monoisotopic (exact) mass is 778 g/mol. The van der Waals surface area contributed by atoms with Gasteiger partial charge in [-0.05, 0) is 84.9 Å². The van der Waals surface area contributed by atoms with Crippen LogP contribution in [0.5, 0.6) is 23.0 Å². The minimum atomic E-state index is -0.585. The van der Waals surface area contributed by atoms with Crippen LogP contribution in [0, 0.1) is 0 Å². The second-order valence-electron chi connectivity index (χ2n) is 9.69. The highest BCUT2D eigenvalue weighted by Crippen LogP contribution is 2.25. The third-order valence-corrected chi connectivity index (χ3v) is 7.35. The number of methoxy groups -OCH3 is 2. The van der Waals surface area contributed by atoms with Gasteiger partial charge in [-0.1, -0.05) is 31.9 Å². The molecule has 0 atom stereocenters. The molecule has 0 radical (unpaired) electrons. The molecule has 0 saturated heterocycles. The lowest BCUT2D eigenvalue weighted by atomic mass is 10.2. The minimum Gasteiger partial charge on any atom is -0.497 e. The number of hydrazone groups is 2. The normalized spacial score (nSPS) is 10.8. The summed E-state index contributed by atoms with van der Waals surface area (Å²) in [4.78, 5) is 49.9. The van der Waals surface area contributed by atoms with Crippen molar-refractivity contribution < 1.29 is 38.1 Å². The Kier molecular flexibility index (Phi) is 13.0. The van der Waals surface area contributed by atoms with Crippen LogP contribution in [0.15, 0.2) is 104 Å². The number of halogens is 2. The predicted octanol–water partition coefficient (Wildman–Crippen LogP) is 6.05. The fraction of sp³-hybridized carbons (Fsp3) is 0.118. The highest BCUT2D eigenvalue weighted by atomic mass is 79.9. The smallest absolute Gasteiger partial charge is 0.343 e. The van der Waals surface area contributed by atoms with Crippen molar-refractivity contribution in [3.63, 3.8) is 0 Å². The van der Waals surface area contributed by atoms with Crippen LogP contribution in [0.2, 0.25) is 0 Å². The highest BCUT2D eigenvalue weighted by Gasteiger charge is 2.14. The molecule has 4 aromatic rings. The molecule has 0 bridgehead atoms. The average Bonchev–Trinajstić information content (AvgIpc) is 3.09. The number of carbonyl (C=O) groups excluding carboxylic acids is 4. The third kappa shape index (κ3) is 10.6. The van der Waals surface area contributed by atoms with Crippen LogP contribution in [-0.4, -0.2) is 50.4 Å². The van der Waals surface area contributed by atoms with Gasteiger partial charge < -0.3 is 18.9 Å². The summed E-state index contributed by atoms with van der Waals surface area (Å²) in [6.07, 6.45) is 2.28. The molecule has 0 unspecified atom stereocenters. The average molecular weight is 780 g/mol. The van der Waals surface area contributed by atoms with Crippen LogP contribution in [-0.2, 0) is 9.59 Å². The van der Waals surface area contributed by atoms with E-state index >= 15 is 0 Å². The number of esters is 2. The number of carbonyl (C=O) groups is 4. The van der Waals surface area contributed by atoms with Crippen molar-refractivity contribution in [3.05, 3.63) is 116 Å². The summed E-state index contributed by atoms with van der Waals surface area (Å²) in [7, 11) is 3.05. The summed E-state index contributed by atoms with van der Waals surface area (Å²) >= 11 is 6.73. The van der Waals surface area contributed by atoms with Crippen molar-refractivity contribution in [1.29, 1.82) is 0 Å². The van der Waals surface area contributed by atoms with E-state index < -0.39 is 23.8 Å². The van der Waals surface area contributed by atoms with Crippen molar-refractivity contribution in [2.45, 2.75) is 12.8 Å². The molecule has 0 fully saturated rings. The van der Waals surface area contributed by atoms with E-state index in [1.807, 2.05) is 0 Å². The first-order valence-electron chi connectivity index (χ1n) is 14.1. The lowest BCUT2D eigenvalue weighted by molar-refractivity contribution is -0.126. The molecule has 0 saturated carbocycles. The Morgan fingerprint density at radius 3 is 1.33 bits per heavy atom. The lowest BCUT2D eigenvalue weighted by Gasteiger charge is -2.09. The van der Waals surface area contributed by atoms with Crippen LogP contribution in [0.25, 0.3) is 0 Å². The maximum atomic E-state index is 12.6. The van der Waals surface area contributed by atoms with Crippen LogP contribution in [0.1, 0.15) is 44.7 Å². The number of nitrogens with zero attached hydrogens (tertiary/aromatic N) is 2. The fourth-order valence-corrected chi connectivity index (χ4v) is 4.64. The van der Waals surface area contributed by atoms with Gasteiger partial charge in [0.25, 0.3) is 0 Å². The van der Waals surface area contributed by atoms with Gasteiger partial charge in [-0.25, -0.2) is 20.4 Å². The first-order valence-corrected chi connectivity index (χ1v) is 15.7. The Hall–Kier alpha value is -5.34. The summed E-state index contributed by atoms with van der Waals surface area (Å²) in [5.74, 6) is -0.587. The predicted molar refractivity (Wildman–Crippen MR) is 185 cm³/mol. The summed E-state index contributed by atoms with van der Waals surface area (Å²) in [5, 5.41) is 7.86. The Labute approximate surface area is 292 Å². The number of hydrogen-bond acceptors (Lipinski definition) is 10. The van der Waals surface area contributed by atoms with Crippen molar-refractivity contribution in [2.24, 2.45) is 10.2 Å². The summed E-state index contributed by atoms with van der Waals surface area (Å²) in [6, 6.07) is 22.8. The number of ether oxygens (including phenoxy) is 4. The number of amides is 2. The number of hydrogen-bond donors (Lipinski definition) is 2. The molecule has 48 heavy (non-hydrogen) atoms. The zero-order valence-electron chi connectivity index (χ0n) is 25.6. The van der Waals surface area contributed by atoms with Crippen molar-refractivity contribution in [3.8, 4) is 23.0 Å². The zero-order valence-corrected chi connectivity index (χ0v) is 28.7. The number of nitrogens with one attached hydrogen (secondary N) is 2. The highest BCUT2D eigenvalue weighted by molar-refractivity contribution is 9.10. The van der Waals surface area contributed by atoms with Gasteiger partial charge in [0.1, 0.15) is 23.0 Å². The molecular weight excluding hydrogens is 752 g/mol. The van der Waals surface area contributed by atoms with E-state index in [4.69, 9.17) is 18.9 Å². The van der Waals surface area contributed by atoms with Crippen molar-refractivity contribution in [2.75, 3.05) is 14.2 Å². The molecular formula is C34H28Br2N4O8. The van der Waals surface area contributed by atoms with E-state index in [9.17, 15) is 19.2 Å². The second kappa shape index (κ2) is 17.5. The van der Waals surface area contributed by atoms with Gasteiger partial charge in [0, 0.05) is 32.9 Å². The van der Waals surface area contributed by atoms with Crippen molar-refractivity contribution >= 4 is 68.0 Å². The molecule has 0 aromatic heterocycles. The third-order valence-electron chi connectivity index (χ3n) is 6.37. The summed E-state index contributed by atoms with van der Waals surface area (Å²) in [5.41, 5.74) is 6.17. The maximum absolute atomic E-state index is 12.6. The van der Waals surface area contributed by atoms with Gasteiger partial charge in [0.15, 0.2) is 0 Å². The lowest BCUT2D eigenvalue weighted by Crippen LogP contribution is -2.23. The van der Waals surface area contributed by atoms with E-state index in [0.717, 1.165) is 0 Å². The van der Waals surface area contributed by atoms with E-state index in [2.05, 4.69) is 52.9 Å². The van der Waals surface area contributed by atoms with Gasteiger partial charge in [0.05, 0.1) is 37.8 Å². The quantitative estimate of drug-likeness (QED) is 0.0720. The summed E-state index contributed by atoms with van der Waals surface area (Å²) < 4.78 is 22.7. The van der Waals surface area contributed by atoms with Gasteiger partial charge in [-0.2, -0.15) is 10.2 Å². The Bertz CT molecular complexity index is 1710. The molecule has 0 spiro atoms. The van der Waals surface area contributed by atoms with Gasteiger partial charge in [0.2, 0.25) is 11.8 Å². The molecule has 4 rings (SSSR count). The van der Waals surface area contributed by atoms with Gasteiger partial charge >= 0.3 is 11.9 Å². The number of rotatable bonds is 13. The first-order chi connectivity index (χ1) is 23.1. The van der Waals surface area contributed by atoms with Crippen LogP contribution >= 0.6 is 31.9 Å². The van der Waals surface area contributed by atoms with Crippen molar-refractivity contribution in [1.82, 2.24) is 10.9 Å². The van der Waals surface area contributed by atoms with Crippen LogP contribution in [0.4, 0.5) is 0 Å². The second-order valence-corrected chi connectivity index (χ2v) is 11.5. The summed E-state index contributed by atoms with van der Waals surface area (Å²) in [6.45, 7) is 0. The Balaban J connectivity index is 1.27. The van der Waals surface area contributed by atoms with Gasteiger partial charge in [-0.3, -0.25) is 9.59 Å². The number of benzene rings is 4. The molecule has 0 aliphatic rings. The van der Waals surface area contributed by atoms with E-state index in [0.29, 0.717) is 42.7 Å². The molecule has 0 aliphatic carbocycles. The molecule has 2 N–H and O–H groups in total. The fourth-order valence-electron chi connectivity index (χ4n) is 3.88. The topological polar surface area (TPSA) is 154 Å². The van der Waals surface area contributed by atoms with Crippen LogP contribution < -0.4 is 29.8 Å². The van der Waals surface area contributed by atoms with E-state index in [1.165, 1.54) is 26.6 Å². The van der Waals surface area contributed by atoms with Gasteiger partial charge in [-0.15, -0.1) is 0 Å². The Morgan fingerprint density at radius 2 is 0.979 bits per heavy atom. The van der Waals surface area contributed by atoms with Crippen LogP contribution in [0.3, 0.4) is 0 Å². The largest absolute Gasteiger partial charge is 0.497 e. The zero-order chi connectivity index (χ0) is 34.5. The SMILES string of the molecule is COc1ccc(C(=O)Oc2ccc(Br)cc2/C=N\NC(=O)CCC(=O)N/N=C\c2cc(Br)ccc2OC(=O)c2ccc(OC)cc2)cc1. The maximum Gasteiger partial charge on any atom is 0.343 e. The standard InChI is InChI=1S/C34H28Br2N4O8/c1-45-27-9-3-21(4-10-27)33(43)47-29-13-7-25(35)17-23(29)19-37-39-31(41)15-16-32(42)40-38-20-24-18-26(36)8-14-30(24)48-34(44)22-5-11-28(46-2)12-6-22/h3-14,17-20H,15-16H2,1-2H3,(H,39,41)(H,40,42)/b37-19-,38-20-. The van der Waals surface area contributed by atoms with E-state index in [-0.39, 0.29) is 24.3 Å².